The van der Waals surface area contributed by atoms with Crippen molar-refractivity contribution in [1.82, 2.24) is 0 Å². The van der Waals surface area contributed by atoms with Crippen molar-refractivity contribution in [2.24, 2.45) is 0 Å². The van der Waals surface area contributed by atoms with E-state index in [0.29, 0.717) is 10.5 Å². The smallest absolute Gasteiger partial charge is 0.106 e. The lowest BCUT2D eigenvalue weighted by molar-refractivity contribution is -0.888. The van der Waals surface area contributed by atoms with Crippen LogP contribution < -0.4 is 0 Å². The molecular weight excluding hydrogens is 322 g/mol. The van der Waals surface area contributed by atoms with Crippen LogP contribution in [0.4, 0.5) is 0 Å². The van der Waals surface area contributed by atoms with E-state index in [1.807, 2.05) is 4.86 Å². The van der Waals surface area contributed by atoms with Crippen LogP contribution in [-0.4, -0.2) is 48.0 Å². The molecule has 4 aliphatic rings. The largest absolute Gasteiger partial charge is 0.322 e. The maximum Gasteiger partial charge on any atom is 0.106 e. The predicted octanol–water partition coefficient (Wildman–Crippen LogP) is 5.16. The summed E-state index contributed by atoms with van der Waals surface area (Å²) in [5.74, 6) is 1.24. The van der Waals surface area contributed by atoms with Gasteiger partial charge in [-0.05, 0) is 47.8 Å². The fourth-order valence-corrected chi connectivity index (χ4v) is 6.69. The maximum absolute atomic E-state index is 2.50. The Morgan fingerprint density at radius 3 is 2.80 bits per heavy atom. The van der Waals surface area contributed by atoms with Crippen LogP contribution in [0.25, 0.3) is 0 Å². The lowest BCUT2D eigenvalue weighted by atomic mass is 9.88. The molecule has 0 saturated carbocycles. The molecule has 1 fully saturated rings. The molecular formula is C23H32NS+. The molecule has 2 heteroatoms. The summed E-state index contributed by atoms with van der Waals surface area (Å²) in [6.07, 6.45) is 24.4. The van der Waals surface area contributed by atoms with Gasteiger partial charge >= 0.3 is 0 Å². The minimum Gasteiger partial charge on any atom is -0.322 e. The van der Waals surface area contributed by atoms with E-state index in [1.54, 1.807) is 22.3 Å². The Balaban J connectivity index is 1.75. The molecule has 2 heterocycles. The Bertz CT molecular complexity index is 736. The highest BCUT2D eigenvalue weighted by molar-refractivity contribution is 8.15. The van der Waals surface area contributed by atoms with Gasteiger partial charge in [0.1, 0.15) is 6.54 Å². The maximum atomic E-state index is 2.50. The van der Waals surface area contributed by atoms with E-state index in [-0.39, 0.29) is 0 Å². The van der Waals surface area contributed by atoms with Crippen LogP contribution in [0.1, 0.15) is 38.5 Å². The van der Waals surface area contributed by atoms with E-state index in [9.17, 15) is 0 Å². The normalized spacial score (nSPS) is 28.6. The molecule has 0 aromatic carbocycles. The van der Waals surface area contributed by atoms with E-state index in [2.05, 4.69) is 49.8 Å². The van der Waals surface area contributed by atoms with Gasteiger partial charge in [-0.15, -0.1) is 0 Å². The molecule has 0 bridgehead atoms. The highest BCUT2D eigenvalue weighted by Gasteiger charge is 2.30. The molecule has 134 valence electrons. The second kappa shape index (κ2) is 7.25. The number of likely N-dealkylation sites (tertiary alicyclic amines) is 1. The fourth-order valence-electron chi connectivity index (χ4n) is 4.84. The van der Waals surface area contributed by atoms with Crippen molar-refractivity contribution in [3.05, 3.63) is 58.7 Å². The average Bonchev–Trinajstić information content (AvgIpc) is 2.83. The zero-order valence-corrected chi connectivity index (χ0v) is 16.7. The van der Waals surface area contributed by atoms with Crippen molar-refractivity contribution in [3.8, 4) is 0 Å². The van der Waals surface area contributed by atoms with Crippen molar-refractivity contribution in [3.63, 3.8) is 0 Å². The Morgan fingerprint density at radius 2 is 1.96 bits per heavy atom. The molecule has 1 atom stereocenters. The Morgan fingerprint density at radius 1 is 1.12 bits per heavy atom. The summed E-state index contributed by atoms with van der Waals surface area (Å²) in [5, 5.41) is 0. The summed E-state index contributed by atoms with van der Waals surface area (Å²) < 4.78 is 1.28. The van der Waals surface area contributed by atoms with E-state index in [4.69, 9.17) is 0 Å². The molecule has 1 unspecified atom stereocenters. The molecule has 4 rings (SSSR count). The van der Waals surface area contributed by atoms with Crippen LogP contribution in [0.15, 0.2) is 58.7 Å². The fraction of sp³-hybridized carbons (Fsp3) is 0.522. The van der Waals surface area contributed by atoms with Crippen molar-refractivity contribution >= 4 is 15.3 Å². The van der Waals surface area contributed by atoms with Crippen molar-refractivity contribution in [2.45, 2.75) is 38.5 Å². The van der Waals surface area contributed by atoms with Crippen LogP contribution in [-0.2, 0) is 0 Å². The summed E-state index contributed by atoms with van der Waals surface area (Å²) in [5.41, 5.74) is 6.41. The van der Waals surface area contributed by atoms with Gasteiger partial charge < -0.3 is 4.48 Å². The van der Waals surface area contributed by atoms with Crippen LogP contribution in [0.5, 0.6) is 0 Å². The van der Waals surface area contributed by atoms with Gasteiger partial charge in [0.15, 0.2) is 0 Å². The highest BCUT2D eigenvalue weighted by atomic mass is 32.2. The number of hydrogen-bond acceptors (Lipinski definition) is 0. The van der Waals surface area contributed by atoms with Gasteiger partial charge in [0.2, 0.25) is 0 Å². The Hall–Kier alpha value is -1.12. The molecule has 0 N–H and O–H groups in total. The van der Waals surface area contributed by atoms with E-state index >= 15 is 0 Å². The van der Waals surface area contributed by atoms with Crippen LogP contribution >= 0.6 is 10.5 Å². The van der Waals surface area contributed by atoms with Gasteiger partial charge in [0.05, 0.1) is 20.1 Å². The monoisotopic (exact) mass is 354 g/mol. The number of quaternary nitrogens is 1. The second-order valence-corrected chi connectivity index (χ2v) is 10.5. The first-order chi connectivity index (χ1) is 12.1. The third kappa shape index (κ3) is 3.71. The van der Waals surface area contributed by atoms with Crippen LogP contribution in [0.2, 0.25) is 0 Å². The Kier molecular flexibility index (Phi) is 5.01. The number of hydrogen-bond donors (Lipinski definition) is 0. The third-order valence-corrected chi connectivity index (χ3v) is 8.26. The molecule has 0 amide bonds. The first-order valence-corrected chi connectivity index (χ1v) is 11.7. The molecule has 0 spiro atoms. The summed E-state index contributed by atoms with van der Waals surface area (Å²) in [4.78, 5) is 1.81. The van der Waals surface area contributed by atoms with Gasteiger partial charge in [-0.2, -0.15) is 10.5 Å². The molecule has 25 heavy (non-hydrogen) atoms. The molecule has 1 saturated heterocycles. The van der Waals surface area contributed by atoms with Crippen molar-refractivity contribution in [2.75, 3.05) is 38.7 Å². The van der Waals surface area contributed by atoms with Crippen LogP contribution in [0.3, 0.4) is 0 Å². The summed E-state index contributed by atoms with van der Waals surface area (Å²) in [6.45, 7) is 4.05. The number of allylic oxidation sites excluding steroid dienone is 9. The number of nitrogens with zero attached hydrogens (tertiary/aromatic N) is 1. The van der Waals surface area contributed by atoms with Gasteiger partial charge in [0.25, 0.3) is 0 Å². The number of rotatable bonds is 2. The van der Waals surface area contributed by atoms with Gasteiger partial charge in [0, 0.05) is 29.9 Å². The van der Waals surface area contributed by atoms with Gasteiger partial charge in [-0.3, -0.25) is 0 Å². The lowest BCUT2D eigenvalue weighted by Crippen LogP contribution is -2.44. The molecule has 0 aromatic rings. The minimum absolute atomic E-state index is 0.382. The van der Waals surface area contributed by atoms with Crippen molar-refractivity contribution < 1.29 is 4.48 Å². The zero-order chi connectivity index (χ0) is 17.3. The van der Waals surface area contributed by atoms with E-state index in [1.165, 1.54) is 62.0 Å². The standard InChI is InChI=1S/C23H32NS/c1-24(14-8-9-15-24)17-22-16-20-12-7-6-11-19-10-4-3-5-13-21(23(19)20)18-25(22)2/h3,5,7,11-13H,4,6,8-10,14-18H2,1-2H3/q+1. The van der Waals surface area contributed by atoms with Gasteiger partial charge in [-0.25, -0.2) is 0 Å². The Labute approximate surface area is 156 Å². The SMILES string of the molecule is CS1=C(C[N+]2(C)CCCC2)CC2=C3C(=CCC=C2)CCC=CC=C3C1. The highest BCUT2D eigenvalue weighted by Crippen LogP contribution is 2.39. The summed E-state index contributed by atoms with van der Waals surface area (Å²) in [6, 6.07) is 0. The van der Waals surface area contributed by atoms with Crippen LogP contribution in [0, 0.1) is 0 Å². The second-order valence-electron chi connectivity index (χ2n) is 8.36. The first kappa shape index (κ1) is 17.3. The minimum atomic E-state index is 0.382. The van der Waals surface area contributed by atoms with Crippen molar-refractivity contribution in [1.29, 1.82) is 0 Å². The summed E-state index contributed by atoms with van der Waals surface area (Å²) >= 11 is 0. The first-order valence-electron chi connectivity index (χ1n) is 9.91. The molecule has 0 aromatic heterocycles. The molecule has 0 radical (unpaired) electrons. The molecule has 2 aliphatic heterocycles. The lowest BCUT2D eigenvalue weighted by Gasteiger charge is -2.31. The summed E-state index contributed by atoms with van der Waals surface area (Å²) in [7, 11) is 2.87. The predicted molar refractivity (Wildman–Crippen MR) is 113 cm³/mol. The molecule has 1 nitrogen and oxygen atoms in total. The van der Waals surface area contributed by atoms with Gasteiger partial charge in [-0.1, -0.05) is 36.5 Å². The zero-order valence-electron chi connectivity index (χ0n) is 15.9. The third-order valence-electron chi connectivity index (χ3n) is 6.25. The van der Waals surface area contributed by atoms with E-state index < -0.39 is 0 Å². The topological polar surface area (TPSA) is 0 Å². The average molecular weight is 355 g/mol. The van der Waals surface area contributed by atoms with E-state index in [0.717, 1.165) is 6.42 Å². The quantitative estimate of drug-likeness (QED) is 0.474. The molecule has 2 aliphatic carbocycles.